The molecule has 0 unspecified atom stereocenters. The van der Waals surface area contributed by atoms with E-state index in [0.29, 0.717) is 0 Å². The van der Waals surface area contributed by atoms with Crippen molar-refractivity contribution in [3.8, 4) is 0 Å². The van der Waals surface area contributed by atoms with Crippen molar-refractivity contribution in [2.45, 2.75) is 70.8 Å². The van der Waals surface area contributed by atoms with Gasteiger partial charge in [0.1, 0.15) is 0 Å². The van der Waals surface area contributed by atoms with Crippen LogP contribution in [-0.2, 0) is 17.1 Å². The monoisotopic (exact) mass is 297 g/mol. The van der Waals surface area contributed by atoms with E-state index in [0.717, 1.165) is 12.0 Å². The van der Waals surface area contributed by atoms with Gasteiger partial charge in [-0.05, 0) is 39.8 Å². The van der Waals surface area contributed by atoms with Gasteiger partial charge in [0.05, 0.1) is 0 Å². The van der Waals surface area contributed by atoms with E-state index in [2.05, 4.69) is 25.9 Å². The molecular formula is C16H35FeN. The van der Waals surface area contributed by atoms with Crippen LogP contribution >= 0.6 is 0 Å². The van der Waals surface area contributed by atoms with Crippen LogP contribution in [0, 0.1) is 20.8 Å². The van der Waals surface area contributed by atoms with Crippen molar-refractivity contribution in [1.29, 1.82) is 0 Å². The van der Waals surface area contributed by atoms with Gasteiger partial charge in [-0.25, -0.2) is 0 Å². The van der Waals surface area contributed by atoms with Gasteiger partial charge in [-0.15, -0.1) is 0 Å². The summed E-state index contributed by atoms with van der Waals surface area (Å²) in [7, 11) is 4.37. The van der Waals surface area contributed by atoms with E-state index in [1.54, 1.807) is 0 Å². The van der Waals surface area contributed by atoms with Crippen LogP contribution in [-0.4, -0.2) is 25.0 Å². The minimum absolute atomic E-state index is 0. The van der Waals surface area contributed by atoms with Crippen LogP contribution in [0.3, 0.4) is 0 Å². The Balaban J connectivity index is -0.000000245. The third-order valence-corrected chi connectivity index (χ3v) is 4.15. The summed E-state index contributed by atoms with van der Waals surface area (Å²) in [6, 6.07) is 0.794. The molecule has 18 heavy (non-hydrogen) atoms. The molecule has 0 saturated heterocycles. The van der Waals surface area contributed by atoms with E-state index < -0.39 is 0 Å². The first-order chi connectivity index (χ1) is 7.22. The zero-order valence-corrected chi connectivity index (χ0v) is 14.4. The molecule has 1 nitrogen and oxygen atoms in total. The van der Waals surface area contributed by atoms with Crippen molar-refractivity contribution in [3.63, 3.8) is 0 Å². The summed E-state index contributed by atoms with van der Waals surface area (Å²) in [6.45, 7) is 2.34. The van der Waals surface area contributed by atoms with Crippen molar-refractivity contribution in [1.82, 2.24) is 4.90 Å². The summed E-state index contributed by atoms with van der Waals surface area (Å²) in [5.74, 6) is 0.981. The smallest absolute Gasteiger partial charge is 0.358 e. The van der Waals surface area contributed by atoms with Gasteiger partial charge in [0.25, 0.3) is 0 Å². The Morgan fingerprint density at radius 2 is 1.11 bits per heavy atom. The molecule has 0 aromatic heterocycles. The summed E-state index contributed by atoms with van der Waals surface area (Å²) in [5.41, 5.74) is 0. The number of rotatable bonds is 2. The molecule has 0 aromatic rings. The fourth-order valence-corrected chi connectivity index (χ4v) is 2.75. The molecule has 0 bridgehead atoms. The second kappa shape index (κ2) is 13.9. The molecule has 2 fully saturated rings. The molecule has 2 aliphatic rings. The summed E-state index contributed by atoms with van der Waals surface area (Å²) in [6.07, 6.45) is 13.3. The first-order valence-corrected chi connectivity index (χ1v) is 6.88. The molecule has 2 saturated carbocycles. The molecule has 2 aliphatic carbocycles. The standard InChI is InChI=1S/C9H19N.C5H10.2CH3.Fe/c1-8(10(2)3)9-6-4-5-7-9;1-2-4-5-3-1;;;/h8-9H,4-7H2,1-3H3;1-5H2;2*1H3;/q;;2*-1;+2/t8-;;;;/m0..../s1. The van der Waals surface area contributed by atoms with Gasteiger partial charge in [-0.2, -0.15) is 0 Å². The number of nitrogens with zero attached hydrogens (tertiary/aromatic N) is 1. The Labute approximate surface area is 128 Å². The van der Waals surface area contributed by atoms with E-state index in [1.165, 1.54) is 57.8 Å². The molecule has 0 radical (unpaired) electrons. The molecule has 0 aromatic carbocycles. The van der Waals surface area contributed by atoms with Gasteiger partial charge >= 0.3 is 17.1 Å². The van der Waals surface area contributed by atoms with Gasteiger partial charge in [0.2, 0.25) is 0 Å². The van der Waals surface area contributed by atoms with Gasteiger partial charge in [0.15, 0.2) is 0 Å². The summed E-state index contributed by atoms with van der Waals surface area (Å²) >= 11 is 0. The van der Waals surface area contributed by atoms with E-state index in [4.69, 9.17) is 0 Å². The van der Waals surface area contributed by atoms with Gasteiger partial charge in [0, 0.05) is 6.04 Å². The maximum atomic E-state index is 2.34. The van der Waals surface area contributed by atoms with Crippen molar-refractivity contribution < 1.29 is 17.1 Å². The predicted octanol–water partition coefficient (Wildman–Crippen LogP) is 4.98. The molecule has 112 valence electrons. The maximum Gasteiger partial charge on any atom is 2.00 e. The molecule has 2 rings (SSSR count). The topological polar surface area (TPSA) is 3.24 Å². The van der Waals surface area contributed by atoms with Crippen LogP contribution in [0.2, 0.25) is 0 Å². The van der Waals surface area contributed by atoms with Crippen LogP contribution in [0.25, 0.3) is 0 Å². The van der Waals surface area contributed by atoms with E-state index in [1.807, 2.05) is 0 Å². The van der Waals surface area contributed by atoms with Crippen molar-refractivity contribution >= 4 is 0 Å². The molecule has 0 heterocycles. The van der Waals surface area contributed by atoms with E-state index in [-0.39, 0.29) is 31.9 Å². The molecule has 0 amide bonds. The SMILES string of the molecule is C1CCCC1.C[C@@H](C1CCCC1)N(C)C.[CH3-].[CH3-].[Fe+2]. The van der Waals surface area contributed by atoms with Crippen LogP contribution in [0.5, 0.6) is 0 Å². The largest absolute Gasteiger partial charge is 2.00 e. The Hall–Kier alpha value is 0.479. The van der Waals surface area contributed by atoms with E-state index in [9.17, 15) is 0 Å². The van der Waals surface area contributed by atoms with Crippen LogP contribution < -0.4 is 0 Å². The zero-order chi connectivity index (χ0) is 11.1. The van der Waals surface area contributed by atoms with Crippen LogP contribution in [0.1, 0.15) is 64.7 Å². The number of hydrogen-bond donors (Lipinski definition) is 0. The fraction of sp³-hybridized carbons (Fsp3) is 0.875. The average molecular weight is 297 g/mol. The molecule has 0 N–H and O–H groups in total. The van der Waals surface area contributed by atoms with Crippen LogP contribution in [0.4, 0.5) is 0 Å². The molecule has 0 aliphatic heterocycles. The maximum absolute atomic E-state index is 2.34. The second-order valence-electron chi connectivity index (χ2n) is 5.52. The third kappa shape index (κ3) is 9.41. The van der Waals surface area contributed by atoms with Gasteiger partial charge in [-0.3, -0.25) is 0 Å². The van der Waals surface area contributed by atoms with Gasteiger partial charge in [-0.1, -0.05) is 44.9 Å². The van der Waals surface area contributed by atoms with E-state index >= 15 is 0 Å². The Kier molecular flexibility index (Phi) is 18.2. The first-order valence-electron chi connectivity index (χ1n) is 6.88. The van der Waals surface area contributed by atoms with Crippen molar-refractivity contribution in [2.24, 2.45) is 5.92 Å². The zero-order valence-electron chi connectivity index (χ0n) is 13.3. The van der Waals surface area contributed by atoms with Gasteiger partial charge < -0.3 is 19.8 Å². The fourth-order valence-electron chi connectivity index (χ4n) is 2.75. The summed E-state index contributed by atoms with van der Waals surface area (Å²) in [4.78, 5) is 2.34. The third-order valence-electron chi connectivity index (χ3n) is 4.15. The molecule has 2 heteroatoms. The second-order valence-corrected chi connectivity index (χ2v) is 5.52. The first kappa shape index (κ1) is 23.6. The minimum Gasteiger partial charge on any atom is -0.358 e. The Bertz CT molecular complexity index is 142. The predicted molar refractivity (Wildman–Crippen MR) is 81.0 cm³/mol. The Morgan fingerprint density at radius 3 is 1.39 bits per heavy atom. The summed E-state index contributed by atoms with van der Waals surface area (Å²) < 4.78 is 0. The normalized spacial score (nSPS) is 20.0. The van der Waals surface area contributed by atoms with Crippen molar-refractivity contribution in [3.05, 3.63) is 14.9 Å². The molecular weight excluding hydrogens is 262 g/mol. The summed E-state index contributed by atoms with van der Waals surface area (Å²) in [5, 5.41) is 0. The molecule has 0 spiro atoms. The van der Waals surface area contributed by atoms with Crippen LogP contribution in [0.15, 0.2) is 0 Å². The average Bonchev–Trinajstić information content (AvgIpc) is 2.92. The molecule has 1 atom stereocenters. The minimum atomic E-state index is 0. The Morgan fingerprint density at radius 1 is 0.778 bits per heavy atom. The quantitative estimate of drug-likeness (QED) is 0.513. The van der Waals surface area contributed by atoms with Crippen molar-refractivity contribution in [2.75, 3.05) is 14.1 Å². The number of hydrogen-bond acceptors (Lipinski definition) is 1.